The van der Waals surface area contributed by atoms with Gasteiger partial charge in [0.2, 0.25) is 5.91 Å². The van der Waals surface area contributed by atoms with Gasteiger partial charge in [0.05, 0.1) is 6.61 Å². The standard InChI is InChI=1S/C14H28N2O7/c15-13(17)11-9-7-5-3-1-2-4-6-8-10-12-19-21-23-22-20-14(16)18/h1-12H2,(H2,15,17)(H2,16,18). The first-order chi connectivity index (χ1) is 11.1. The van der Waals surface area contributed by atoms with Crippen LogP contribution in [0.25, 0.3) is 0 Å². The molecule has 0 bridgehead atoms. The minimum atomic E-state index is -1.15. The van der Waals surface area contributed by atoms with E-state index in [0.717, 1.165) is 32.1 Å². The highest BCUT2D eigenvalue weighted by Gasteiger charge is 1.98. The summed E-state index contributed by atoms with van der Waals surface area (Å²) in [6, 6.07) is 0. The number of hydrogen-bond acceptors (Lipinski definition) is 7. The Bertz CT molecular complexity index is 275. The van der Waals surface area contributed by atoms with Gasteiger partial charge >= 0.3 is 6.09 Å². The summed E-state index contributed by atoms with van der Waals surface area (Å²) in [5.74, 6) is -0.211. The fourth-order valence-corrected chi connectivity index (χ4v) is 1.99. The molecule has 0 aromatic heterocycles. The van der Waals surface area contributed by atoms with Gasteiger partial charge in [-0.2, -0.15) is 0 Å². The first-order valence-electron chi connectivity index (χ1n) is 8.00. The summed E-state index contributed by atoms with van der Waals surface area (Å²) in [6.07, 6.45) is 10.3. The van der Waals surface area contributed by atoms with Gasteiger partial charge in [-0.1, -0.05) is 51.4 Å². The molecule has 0 saturated heterocycles. The molecule has 0 aliphatic carbocycles. The molecule has 0 spiro atoms. The van der Waals surface area contributed by atoms with Crippen molar-refractivity contribution in [3.05, 3.63) is 0 Å². The molecule has 0 radical (unpaired) electrons. The maximum atomic E-state index is 10.5. The molecule has 0 aliphatic heterocycles. The van der Waals surface area contributed by atoms with Gasteiger partial charge in [-0.25, -0.2) is 14.6 Å². The van der Waals surface area contributed by atoms with Crippen molar-refractivity contribution in [2.45, 2.75) is 70.6 Å². The van der Waals surface area contributed by atoms with Crippen LogP contribution in [0.2, 0.25) is 0 Å². The number of carbonyl (C=O) groups excluding carboxylic acids is 2. The molecule has 0 rings (SSSR count). The summed E-state index contributed by atoms with van der Waals surface area (Å²) in [5, 5.41) is 11.8. The molecule has 2 amide bonds. The fourth-order valence-electron chi connectivity index (χ4n) is 1.99. The number of rotatable bonds is 17. The Hall–Kier alpha value is -1.42. The van der Waals surface area contributed by atoms with Crippen molar-refractivity contribution in [3.8, 4) is 0 Å². The summed E-state index contributed by atoms with van der Waals surface area (Å²) >= 11 is 0. The zero-order chi connectivity index (χ0) is 17.2. The number of primary amides is 2. The normalized spacial score (nSPS) is 10.6. The highest BCUT2D eigenvalue weighted by atomic mass is 17.8. The average Bonchev–Trinajstić information content (AvgIpc) is 2.49. The smallest absolute Gasteiger partial charge is 0.370 e. The number of amides is 2. The Labute approximate surface area is 136 Å². The minimum Gasteiger partial charge on any atom is -0.370 e. The van der Waals surface area contributed by atoms with E-state index in [9.17, 15) is 9.59 Å². The molecule has 0 aromatic rings. The van der Waals surface area contributed by atoms with Crippen LogP contribution in [0.4, 0.5) is 4.79 Å². The number of hydrogen-bond donors (Lipinski definition) is 2. The van der Waals surface area contributed by atoms with Gasteiger partial charge in [0.1, 0.15) is 0 Å². The van der Waals surface area contributed by atoms with Crippen LogP contribution >= 0.6 is 0 Å². The van der Waals surface area contributed by atoms with E-state index in [1.165, 1.54) is 32.1 Å². The Kier molecular flexibility index (Phi) is 15.9. The van der Waals surface area contributed by atoms with Gasteiger partial charge in [-0.05, 0) is 17.9 Å². The molecule has 0 heterocycles. The molecular weight excluding hydrogens is 308 g/mol. The SMILES string of the molecule is NC(=O)CCCCCCCCCCCCOOOOOC(N)=O. The van der Waals surface area contributed by atoms with Crippen LogP contribution in [0.3, 0.4) is 0 Å². The second-order valence-electron chi connectivity index (χ2n) is 5.18. The first-order valence-corrected chi connectivity index (χ1v) is 8.00. The maximum Gasteiger partial charge on any atom is 0.439 e. The van der Waals surface area contributed by atoms with Gasteiger partial charge in [-0.3, -0.25) is 4.79 Å². The molecule has 4 N–H and O–H groups in total. The molecule has 0 saturated carbocycles. The summed E-state index contributed by atoms with van der Waals surface area (Å²) in [7, 11) is 0. The maximum absolute atomic E-state index is 10.5. The molecule has 0 aliphatic rings. The van der Waals surface area contributed by atoms with Gasteiger partial charge in [0.25, 0.3) is 0 Å². The minimum absolute atomic E-state index is 0.211. The molecule has 0 unspecified atom stereocenters. The number of nitrogens with two attached hydrogens (primary N) is 2. The summed E-state index contributed by atoms with van der Waals surface area (Å²) in [5.41, 5.74) is 9.66. The third kappa shape index (κ3) is 20.6. The highest BCUT2D eigenvalue weighted by molar-refractivity contribution is 5.73. The van der Waals surface area contributed by atoms with Crippen molar-refractivity contribution >= 4 is 12.0 Å². The number of carbonyl (C=O) groups is 2. The van der Waals surface area contributed by atoms with Crippen LogP contribution in [-0.4, -0.2) is 18.6 Å². The van der Waals surface area contributed by atoms with E-state index >= 15 is 0 Å². The Morgan fingerprint density at radius 2 is 1.17 bits per heavy atom. The van der Waals surface area contributed by atoms with Gasteiger partial charge in [0, 0.05) is 16.5 Å². The molecule has 0 atom stereocenters. The van der Waals surface area contributed by atoms with Crippen LogP contribution in [-0.2, 0) is 29.7 Å². The fraction of sp³-hybridized carbons (Fsp3) is 0.857. The van der Waals surface area contributed by atoms with Crippen molar-refractivity contribution in [3.63, 3.8) is 0 Å². The van der Waals surface area contributed by atoms with Crippen molar-refractivity contribution in [2.75, 3.05) is 6.61 Å². The summed E-state index contributed by atoms with van der Waals surface area (Å²) in [4.78, 5) is 29.0. The van der Waals surface area contributed by atoms with E-state index in [1.807, 2.05) is 0 Å². The quantitative estimate of drug-likeness (QED) is 0.237. The predicted molar refractivity (Wildman–Crippen MR) is 79.9 cm³/mol. The van der Waals surface area contributed by atoms with E-state index in [4.69, 9.17) is 5.73 Å². The lowest BCUT2D eigenvalue weighted by molar-refractivity contribution is -0.696. The van der Waals surface area contributed by atoms with Gasteiger partial charge in [0.15, 0.2) is 0 Å². The Balaban J connectivity index is 3.00. The van der Waals surface area contributed by atoms with Crippen LogP contribution in [0.5, 0.6) is 0 Å². The lowest BCUT2D eigenvalue weighted by Gasteiger charge is -2.03. The van der Waals surface area contributed by atoms with Crippen molar-refractivity contribution in [1.29, 1.82) is 0 Å². The zero-order valence-electron chi connectivity index (χ0n) is 13.5. The Morgan fingerprint density at radius 3 is 1.70 bits per heavy atom. The molecule has 0 fully saturated rings. The van der Waals surface area contributed by atoms with Gasteiger partial charge in [-0.15, -0.1) is 0 Å². The average molecular weight is 336 g/mol. The van der Waals surface area contributed by atoms with Crippen LogP contribution < -0.4 is 11.5 Å². The van der Waals surface area contributed by atoms with Crippen molar-refractivity contribution in [1.82, 2.24) is 0 Å². The van der Waals surface area contributed by atoms with E-state index < -0.39 is 6.09 Å². The third-order valence-corrected chi connectivity index (χ3v) is 3.12. The zero-order valence-corrected chi connectivity index (χ0v) is 13.5. The molecule has 9 nitrogen and oxygen atoms in total. The second-order valence-corrected chi connectivity index (χ2v) is 5.18. The molecule has 9 heteroatoms. The highest BCUT2D eigenvalue weighted by Crippen LogP contribution is 2.11. The third-order valence-electron chi connectivity index (χ3n) is 3.12. The topological polar surface area (TPSA) is 132 Å². The number of unbranched alkanes of at least 4 members (excludes halogenated alkanes) is 9. The molecule has 136 valence electrons. The summed E-state index contributed by atoms with van der Waals surface area (Å²) in [6.45, 7) is 0.347. The van der Waals surface area contributed by atoms with Crippen LogP contribution in [0.1, 0.15) is 70.6 Å². The largest absolute Gasteiger partial charge is 0.439 e. The molecule has 0 aromatic carbocycles. The predicted octanol–water partition coefficient (Wildman–Crippen LogP) is 2.58. The van der Waals surface area contributed by atoms with Crippen molar-refractivity contribution < 1.29 is 34.5 Å². The Morgan fingerprint density at radius 1 is 0.652 bits per heavy atom. The second kappa shape index (κ2) is 16.9. The molecular formula is C14H28N2O7. The molecule has 23 heavy (non-hydrogen) atoms. The first kappa shape index (κ1) is 21.6. The summed E-state index contributed by atoms with van der Waals surface area (Å²) < 4.78 is 0. The lowest BCUT2D eigenvalue weighted by Crippen LogP contribution is -2.13. The van der Waals surface area contributed by atoms with Crippen molar-refractivity contribution in [2.24, 2.45) is 11.5 Å². The van der Waals surface area contributed by atoms with Crippen LogP contribution in [0.15, 0.2) is 0 Å². The van der Waals surface area contributed by atoms with E-state index in [-0.39, 0.29) is 5.91 Å². The van der Waals surface area contributed by atoms with Gasteiger partial charge < -0.3 is 11.5 Å². The monoisotopic (exact) mass is 336 g/mol. The van der Waals surface area contributed by atoms with E-state index in [1.54, 1.807) is 0 Å². The van der Waals surface area contributed by atoms with Crippen LogP contribution in [0, 0.1) is 0 Å². The van der Waals surface area contributed by atoms with E-state index in [0.29, 0.717) is 13.0 Å². The van der Waals surface area contributed by atoms with E-state index in [2.05, 4.69) is 30.6 Å². The lowest BCUT2D eigenvalue weighted by atomic mass is 10.1.